The Labute approximate surface area is 249 Å². The Hall–Kier alpha value is -3.52. The Bertz CT molecular complexity index is 1500. The van der Waals surface area contributed by atoms with Crippen molar-refractivity contribution in [2.24, 2.45) is 4.99 Å². The molecule has 4 rings (SSSR count). The van der Waals surface area contributed by atoms with Gasteiger partial charge in [0.1, 0.15) is 17.6 Å². The van der Waals surface area contributed by atoms with Crippen LogP contribution in [0, 0.1) is 11.3 Å². The molecule has 0 saturated carbocycles. The molecule has 0 radical (unpaired) electrons. The molecule has 2 aromatic rings. The molecular weight excluding hydrogens is 552 g/mol. The van der Waals surface area contributed by atoms with Crippen LogP contribution in [0.15, 0.2) is 47.6 Å². The zero-order chi connectivity index (χ0) is 30.3. The number of hydrogen-bond acceptors (Lipinski definition) is 7. The lowest BCUT2D eigenvalue weighted by Gasteiger charge is -2.27. The maximum atomic E-state index is 12.9. The Morgan fingerprint density at radius 2 is 1.98 bits per heavy atom. The van der Waals surface area contributed by atoms with E-state index < -0.39 is 21.7 Å². The third kappa shape index (κ3) is 7.65. The van der Waals surface area contributed by atoms with Gasteiger partial charge in [-0.2, -0.15) is 5.26 Å². The summed E-state index contributed by atoms with van der Waals surface area (Å²) >= 11 is 0. The summed E-state index contributed by atoms with van der Waals surface area (Å²) in [4.78, 5) is 19.0. The van der Waals surface area contributed by atoms with Crippen LogP contribution in [0.2, 0.25) is 0 Å². The number of benzene rings is 2. The maximum Gasteiger partial charge on any atom is 0.239 e. The number of morpholine rings is 1. The fourth-order valence-electron chi connectivity index (χ4n) is 5.43. The first-order chi connectivity index (χ1) is 20.2. The molecule has 0 spiro atoms. The molecule has 1 unspecified atom stereocenters. The van der Waals surface area contributed by atoms with Crippen molar-refractivity contribution in [3.8, 4) is 11.8 Å². The van der Waals surface area contributed by atoms with Crippen molar-refractivity contribution in [3.05, 3.63) is 70.4 Å². The third-order valence-corrected chi connectivity index (χ3v) is 8.77. The molecular formula is C32H40N4O5S. The van der Waals surface area contributed by atoms with Gasteiger partial charge >= 0.3 is 0 Å². The van der Waals surface area contributed by atoms with Crippen molar-refractivity contribution in [1.82, 2.24) is 9.62 Å². The van der Waals surface area contributed by atoms with Gasteiger partial charge in [-0.3, -0.25) is 9.79 Å². The summed E-state index contributed by atoms with van der Waals surface area (Å²) in [5.41, 5.74) is 6.35. The molecule has 1 fully saturated rings. The van der Waals surface area contributed by atoms with E-state index in [1.807, 2.05) is 57.3 Å². The van der Waals surface area contributed by atoms with Gasteiger partial charge in [-0.25, -0.2) is 13.1 Å². The first kappa shape index (κ1) is 31.4. The van der Waals surface area contributed by atoms with Gasteiger partial charge in [-0.15, -0.1) is 0 Å². The lowest BCUT2D eigenvalue weighted by molar-refractivity contribution is -0.132. The van der Waals surface area contributed by atoms with E-state index in [2.05, 4.69) is 23.8 Å². The highest BCUT2D eigenvalue weighted by Crippen LogP contribution is 2.37. The number of aliphatic imine (C=N–C) groups is 1. The average molecular weight is 593 g/mol. The average Bonchev–Trinajstić information content (AvgIpc) is 3.38. The number of nitriles is 1. The molecule has 0 aromatic heterocycles. The number of sulfonamides is 1. The lowest BCUT2D eigenvalue weighted by atomic mass is 9.95. The molecule has 1 saturated heterocycles. The number of fused-ring (bicyclic) bond motifs is 1. The molecule has 1 aliphatic heterocycles. The topological polar surface area (TPSA) is 121 Å². The van der Waals surface area contributed by atoms with E-state index in [0.717, 1.165) is 46.4 Å². The van der Waals surface area contributed by atoms with E-state index in [9.17, 15) is 18.5 Å². The summed E-state index contributed by atoms with van der Waals surface area (Å²) in [6.45, 7) is 9.64. The summed E-state index contributed by atoms with van der Waals surface area (Å²) < 4.78 is 39.7. The second kappa shape index (κ2) is 14.1. The standard InChI is InChI=1S/C32H40N4O5S/c1-5-23(20-34-29(6-2)24-10-13-31(41-22(3)4)25(18-24)19-33)26-8-7-9-28-27(26)11-12-30(28)35-42(38,39)21-32(37)36-14-16-40-17-15-36/h7-10,13,18,20,22,30,35H,5-6,11-12,14-17,21H2,1-4H3. The van der Waals surface area contributed by atoms with Crippen LogP contribution in [-0.2, 0) is 26.0 Å². The zero-order valence-corrected chi connectivity index (χ0v) is 25.7. The van der Waals surface area contributed by atoms with Gasteiger partial charge in [-0.05, 0) is 85.6 Å². The van der Waals surface area contributed by atoms with E-state index in [4.69, 9.17) is 14.5 Å². The summed E-state index contributed by atoms with van der Waals surface area (Å²) in [5.74, 6) is -0.403. The number of carbonyl (C=O) groups is 1. The van der Waals surface area contributed by atoms with Crippen molar-refractivity contribution < 1.29 is 22.7 Å². The summed E-state index contributed by atoms with van der Waals surface area (Å²) in [5, 5.41) is 9.65. The monoisotopic (exact) mass is 592 g/mol. The van der Waals surface area contributed by atoms with E-state index in [1.54, 1.807) is 4.90 Å². The van der Waals surface area contributed by atoms with Crippen molar-refractivity contribution in [3.63, 3.8) is 0 Å². The van der Waals surface area contributed by atoms with Crippen molar-refractivity contribution in [2.75, 3.05) is 32.1 Å². The number of hydrogen-bond donors (Lipinski definition) is 1. The predicted molar refractivity (Wildman–Crippen MR) is 164 cm³/mol. The van der Waals surface area contributed by atoms with Crippen LogP contribution >= 0.6 is 0 Å². The molecule has 1 amide bonds. The molecule has 1 aliphatic carbocycles. The van der Waals surface area contributed by atoms with Gasteiger partial charge in [-0.1, -0.05) is 32.0 Å². The number of nitrogens with one attached hydrogen (secondary N) is 1. The summed E-state index contributed by atoms with van der Waals surface area (Å²) in [6, 6.07) is 13.4. The second-order valence-electron chi connectivity index (χ2n) is 10.8. The van der Waals surface area contributed by atoms with Gasteiger partial charge in [0.25, 0.3) is 0 Å². The maximum absolute atomic E-state index is 12.9. The highest BCUT2D eigenvalue weighted by molar-refractivity contribution is 7.90. The first-order valence-electron chi connectivity index (χ1n) is 14.6. The fourth-order valence-corrected chi connectivity index (χ4v) is 6.70. The summed E-state index contributed by atoms with van der Waals surface area (Å²) in [7, 11) is -3.82. The Kier molecular flexibility index (Phi) is 10.5. The van der Waals surface area contributed by atoms with Crippen LogP contribution in [0.25, 0.3) is 5.57 Å². The van der Waals surface area contributed by atoms with Gasteiger partial charge < -0.3 is 14.4 Å². The number of carbonyl (C=O) groups excluding carboxylic acids is 1. The highest BCUT2D eigenvalue weighted by atomic mass is 32.2. The molecule has 2 aromatic carbocycles. The summed E-state index contributed by atoms with van der Waals surface area (Å²) in [6.07, 6.45) is 4.63. The van der Waals surface area contributed by atoms with Crippen LogP contribution in [-0.4, -0.2) is 63.1 Å². The van der Waals surface area contributed by atoms with E-state index in [1.165, 1.54) is 0 Å². The smallest absolute Gasteiger partial charge is 0.239 e. The molecule has 1 heterocycles. The molecule has 10 heteroatoms. The van der Waals surface area contributed by atoms with Crippen LogP contribution in [0.1, 0.15) is 80.8 Å². The van der Waals surface area contributed by atoms with Crippen LogP contribution in [0.3, 0.4) is 0 Å². The lowest BCUT2D eigenvalue weighted by Crippen LogP contribution is -2.45. The minimum absolute atomic E-state index is 0.0302. The van der Waals surface area contributed by atoms with Crippen LogP contribution in [0.4, 0.5) is 0 Å². The Morgan fingerprint density at radius 1 is 1.21 bits per heavy atom. The predicted octanol–water partition coefficient (Wildman–Crippen LogP) is 4.76. The second-order valence-corrected chi connectivity index (χ2v) is 12.5. The number of rotatable bonds is 11. The van der Waals surface area contributed by atoms with Gasteiger partial charge in [0.2, 0.25) is 15.9 Å². The van der Waals surface area contributed by atoms with Crippen LogP contribution < -0.4 is 9.46 Å². The molecule has 42 heavy (non-hydrogen) atoms. The highest BCUT2D eigenvalue weighted by Gasteiger charge is 2.31. The Morgan fingerprint density at radius 3 is 2.64 bits per heavy atom. The quantitative estimate of drug-likeness (QED) is 0.376. The number of amides is 1. The molecule has 9 nitrogen and oxygen atoms in total. The molecule has 1 N–H and O–H groups in total. The van der Waals surface area contributed by atoms with Gasteiger partial charge in [0.05, 0.1) is 24.9 Å². The van der Waals surface area contributed by atoms with Crippen molar-refractivity contribution in [2.45, 2.75) is 65.5 Å². The fraction of sp³-hybridized carbons (Fsp3) is 0.469. The van der Waals surface area contributed by atoms with E-state index in [0.29, 0.717) is 50.5 Å². The third-order valence-electron chi connectivity index (χ3n) is 7.50. The molecule has 224 valence electrons. The number of ether oxygens (including phenoxy) is 2. The normalized spacial score (nSPS) is 17.7. The minimum atomic E-state index is -3.82. The zero-order valence-electron chi connectivity index (χ0n) is 24.9. The number of nitrogens with zero attached hydrogens (tertiary/aromatic N) is 3. The SMILES string of the molecule is CCC(=CN=C(CC)c1ccc(OC(C)C)c(C#N)c1)c1cccc2c1CCC2NS(=O)(=O)CC(=O)N1CCOCC1. The van der Waals surface area contributed by atoms with Crippen molar-refractivity contribution >= 4 is 27.2 Å². The molecule has 0 bridgehead atoms. The molecule has 1 atom stereocenters. The van der Waals surface area contributed by atoms with E-state index in [-0.39, 0.29) is 12.1 Å². The van der Waals surface area contributed by atoms with Crippen molar-refractivity contribution in [1.29, 1.82) is 5.26 Å². The molecule has 2 aliphatic rings. The van der Waals surface area contributed by atoms with Gasteiger partial charge in [0, 0.05) is 31.0 Å². The minimum Gasteiger partial charge on any atom is -0.490 e. The Balaban J connectivity index is 1.55. The van der Waals surface area contributed by atoms with Gasteiger partial charge in [0.15, 0.2) is 0 Å². The van der Waals surface area contributed by atoms with E-state index >= 15 is 0 Å². The van der Waals surface area contributed by atoms with Crippen LogP contribution in [0.5, 0.6) is 5.75 Å². The first-order valence-corrected chi connectivity index (χ1v) is 16.3. The number of allylic oxidation sites excluding steroid dienone is 1. The largest absolute Gasteiger partial charge is 0.490 e.